The van der Waals surface area contributed by atoms with Crippen molar-refractivity contribution >= 4 is 23.4 Å². The van der Waals surface area contributed by atoms with Crippen molar-refractivity contribution in [1.29, 1.82) is 0 Å². The normalized spacial score (nSPS) is 13.6. The third-order valence-corrected chi connectivity index (χ3v) is 4.06. The quantitative estimate of drug-likeness (QED) is 0.615. The second-order valence-corrected chi connectivity index (χ2v) is 5.31. The summed E-state index contributed by atoms with van der Waals surface area (Å²) in [4.78, 5) is 21.5. The van der Waals surface area contributed by atoms with Crippen LogP contribution in [0.25, 0.3) is 0 Å². The zero-order valence-electron chi connectivity index (χ0n) is 11.3. The van der Waals surface area contributed by atoms with Crippen LogP contribution in [0.4, 0.5) is 14.5 Å². The number of rotatable bonds is 6. The van der Waals surface area contributed by atoms with E-state index in [0.29, 0.717) is 12.1 Å². The highest BCUT2D eigenvalue weighted by Crippen LogP contribution is 2.23. The van der Waals surface area contributed by atoms with Gasteiger partial charge in [0.1, 0.15) is 11.4 Å². The Morgan fingerprint density at radius 3 is 2.62 bits per heavy atom. The molecule has 1 aromatic carbocycles. The summed E-state index contributed by atoms with van der Waals surface area (Å²) in [6.45, 7) is 1.32. The number of hydrogen-bond donors (Lipinski definition) is 2. The van der Waals surface area contributed by atoms with Gasteiger partial charge in [0.05, 0.1) is 11.5 Å². The molecule has 21 heavy (non-hydrogen) atoms. The van der Waals surface area contributed by atoms with Crippen molar-refractivity contribution in [2.24, 2.45) is 0 Å². The number of nitrogens with zero attached hydrogens (tertiary/aromatic N) is 1. The highest BCUT2D eigenvalue weighted by molar-refractivity contribution is 7.99. The predicted octanol–water partition coefficient (Wildman–Crippen LogP) is 1.72. The third-order valence-electron chi connectivity index (χ3n) is 2.89. The van der Waals surface area contributed by atoms with Crippen LogP contribution in [0.15, 0.2) is 12.1 Å². The molecule has 0 aliphatic rings. The fourth-order valence-corrected chi connectivity index (χ4v) is 2.32. The lowest BCUT2D eigenvalue weighted by atomic mass is 10.1. The van der Waals surface area contributed by atoms with Gasteiger partial charge in [0.25, 0.3) is 5.91 Å². The molecular weight excluding hydrogens is 306 g/mol. The van der Waals surface area contributed by atoms with Crippen molar-refractivity contribution < 1.29 is 23.6 Å². The maximum Gasteiger partial charge on any atom is 0.305 e. The molecule has 0 spiro atoms. The smallest absolute Gasteiger partial charge is 0.305 e. The van der Waals surface area contributed by atoms with E-state index in [9.17, 15) is 23.7 Å². The molecule has 1 rings (SSSR count). The topological polar surface area (TPSA) is 92.5 Å². The Morgan fingerprint density at radius 1 is 1.52 bits per heavy atom. The summed E-state index contributed by atoms with van der Waals surface area (Å²) in [6.07, 6.45) is 1.71. The number of benzene rings is 1. The van der Waals surface area contributed by atoms with E-state index in [-0.39, 0.29) is 11.9 Å². The molecule has 2 unspecified atom stereocenters. The maximum atomic E-state index is 13.9. The molecule has 1 aromatic rings. The van der Waals surface area contributed by atoms with Crippen LogP contribution >= 0.6 is 11.8 Å². The van der Waals surface area contributed by atoms with Crippen LogP contribution in [-0.2, 0) is 0 Å². The van der Waals surface area contributed by atoms with Crippen molar-refractivity contribution in [3.63, 3.8) is 0 Å². The molecular formula is C12H14F2N2O4S. The van der Waals surface area contributed by atoms with E-state index in [4.69, 9.17) is 5.11 Å². The molecule has 2 atom stereocenters. The SMILES string of the molecule is CSC(CO)C(C)NC(=O)c1c(F)ccc([N+](=O)[O-])c1F. The molecule has 0 aliphatic carbocycles. The minimum Gasteiger partial charge on any atom is -0.395 e. The number of carbonyl (C=O) groups is 1. The van der Waals surface area contributed by atoms with E-state index < -0.39 is 39.8 Å². The van der Waals surface area contributed by atoms with Crippen LogP contribution in [0.2, 0.25) is 0 Å². The number of hydrogen-bond acceptors (Lipinski definition) is 5. The summed E-state index contributed by atoms with van der Waals surface area (Å²) in [6, 6.07) is 0.748. The molecule has 0 radical (unpaired) electrons. The maximum absolute atomic E-state index is 13.9. The van der Waals surface area contributed by atoms with Crippen LogP contribution in [0.5, 0.6) is 0 Å². The van der Waals surface area contributed by atoms with Crippen molar-refractivity contribution in [1.82, 2.24) is 5.32 Å². The summed E-state index contributed by atoms with van der Waals surface area (Å²) >= 11 is 1.27. The van der Waals surface area contributed by atoms with Gasteiger partial charge in [-0.2, -0.15) is 16.2 Å². The number of carbonyl (C=O) groups excluding carboxylic acids is 1. The third kappa shape index (κ3) is 3.88. The van der Waals surface area contributed by atoms with Crippen LogP contribution in [0, 0.1) is 21.7 Å². The number of aliphatic hydroxyl groups excluding tert-OH is 1. The lowest BCUT2D eigenvalue weighted by Crippen LogP contribution is -2.41. The molecule has 0 aliphatic heterocycles. The summed E-state index contributed by atoms with van der Waals surface area (Å²) < 4.78 is 27.4. The Bertz CT molecular complexity index is 552. The van der Waals surface area contributed by atoms with Gasteiger partial charge in [-0.15, -0.1) is 0 Å². The molecule has 0 saturated heterocycles. The van der Waals surface area contributed by atoms with E-state index in [1.165, 1.54) is 11.8 Å². The number of nitro groups is 1. The Hall–Kier alpha value is -1.74. The second-order valence-electron chi connectivity index (χ2n) is 4.23. The van der Waals surface area contributed by atoms with Crippen molar-refractivity contribution in [3.05, 3.63) is 39.4 Å². The zero-order valence-corrected chi connectivity index (χ0v) is 12.1. The van der Waals surface area contributed by atoms with Gasteiger partial charge in [-0.05, 0) is 19.2 Å². The van der Waals surface area contributed by atoms with Gasteiger partial charge in [0.2, 0.25) is 5.82 Å². The Morgan fingerprint density at radius 2 is 2.14 bits per heavy atom. The first-order valence-corrected chi connectivity index (χ1v) is 7.19. The lowest BCUT2D eigenvalue weighted by molar-refractivity contribution is -0.387. The molecule has 9 heteroatoms. The molecule has 116 valence electrons. The van der Waals surface area contributed by atoms with Gasteiger partial charge in [0.15, 0.2) is 0 Å². The van der Waals surface area contributed by atoms with E-state index in [1.807, 2.05) is 0 Å². The Balaban J connectivity index is 3.08. The molecule has 2 N–H and O–H groups in total. The van der Waals surface area contributed by atoms with Crippen LogP contribution in [0.1, 0.15) is 17.3 Å². The number of amides is 1. The zero-order chi connectivity index (χ0) is 16.2. The molecule has 0 saturated carbocycles. The standard InChI is InChI=1S/C12H14F2N2O4S/c1-6(9(5-17)21-2)15-12(18)10-7(13)3-4-8(11(10)14)16(19)20/h3-4,6,9,17H,5H2,1-2H3,(H,15,18). The van der Waals surface area contributed by atoms with Crippen molar-refractivity contribution in [3.8, 4) is 0 Å². The van der Waals surface area contributed by atoms with Gasteiger partial charge < -0.3 is 10.4 Å². The van der Waals surface area contributed by atoms with Gasteiger partial charge >= 0.3 is 5.69 Å². The number of thioether (sulfide) groups is 1. The average molecular weight is 320 g/mol. The average Bonchev–Trinajstić information content (AvgIpc) is 2.39. The second kappa shape index (κ2) is 7.32. The fraction of sp³-hybridized carbons (Fsp3) is 0.417. The highest BCUT2D eigenvalue weighted by Gasteiger charge is 2.28. The van der Waals surface area contributed by atoms with Gasteiger partial charge in [0, 0.05) is 17.4 Å². The molecule has 0 aromatic heterocycles. The molecule has 6 nitrogen and oxygen atoms in total. The minimum atomic E-state index is -1.52. The summed E-state index contributed by atoms with van der Waals surface area (Å²) in [7, 11) is 0. The summed E-state index contributed by atoms with van der Waals surface area (Å²) in [5, 5.41) is 21.7. The van der Waals surface area contributed by atoms with Crippen molar-refractivity contribution in [2.45, 2.75) is 18.2 Å². The predicted molar refractivity (Wildman–Crippen MR) is 74.3 cm³/mol. The number of halogens is 2. The minimum absolute atomic E-state index is 0.234. The summed E-state index contributed by atoms with van der Waals surface area (Å²) in [5.74, 6) is -3.81. The number of aliphatic hydroxyl groups is 1. The summed E-state index contributed by atoms with van der Waals surface area (Å²) in [5.41, 5.74) is -1.98. The number of nitrogens with one attached hydrogen (secondary N) is 1. The Kier molecular flexibility index (Phi) is 6.03. The first-order chi connectivity index (χ1) is 9.83. The van der Waals surface area contributed by atoms with Gasteiger partial charge in [-0.1, -0.05) is 0 Å². The number of nitro benzene ring substituents is 1. The molecule has 1 amide bonds. The van der Waals surface area contributed by atoms with Crippen LogP contribution in [-0.4, -0.2) is 40.1 Å². The lowest BCUT2D eigenvalue weighted by Gasteiger charge is -2.21. The van der Waals surface area contributed by atoms with E-state index >= 15 is 0 Å². The molecule has 0 bridgehead atoms. The van der Waals surface area contributed by atoms with E-state index in [2.05, 4.69) is 5.32 Å². The van der Waals surface area contributed by atoms with Gasteiger partial charge in [-0.3, -0.25) is 14.9 Å². The monoisotopic (exact) mass is 320 g/mol. The first kappa shape index (κ1) is 17.3. The largest absolute Gasteiger partial charge is 0.395 e. The highest BCUT2D eigenvalue weighted by atomic mass is 32.2. The Labute approximate surface area is 123 Å². The fourth-order valence-electron chi connectivity index (χ4n) is 1.70. The van der Waals surface area contributed by atoms with Gasteiger partial charge in [-0.25, -0.2) is 4.39 Å². The van der Waals surface area contributed by atoms with Crippen molar-refractivity contribution in [2.75, 3.05) is 12.9 Å². The molecule has 0 fully saturated rings. The van der Waals surface area contributed by atoms with Crippen LogP contribution < -0.4 is 5.32 Å². The first-order valence-electron chi connectivity index (χ1n) is 5.90. The van der Waals surface area contributed by atoms with E-state index in [0.717, 1.165) is 0 Å². The van der Waals surface area contributed by atoms with E-state index in [1.54, 1.807) is 13.2 Å². The molecule has 0 heterocycles. The van der Waals surface area contributed by atoms with Crippen LogP contribution in [0.3, 0.4) is 0 Å².